The van der Waals surface area contributed by atoms with E-state index in [2.05, 4.69) is 16.0 Å². The summed E-state index contributed by atoms with van der Waals surface area (Å²) in [6, 6.07) is 9.22. The van der Waals surface area contributed by atoms with Crippen molar-refractivity contribution in [2.75, 3.05) is 54.6 Å². The molecule has 2 rings (SSSR count). The lowest BCUT2D eigenvalue weighted by molar-refractivity contribution is 0.321. The van der Waals surface area contributed by atoms with Crippen LogP contribution in [0.1, 0.15) is 11.1 Å². The largest absolute Gasteiger partial charge is 0.504 e. The van der Waals surface area contributed by atoms with Crippen molar-refractivity contribution in [3.05, 3.63) is 41.5 Å². The van der Waals surface area contributed by atoms with Crippen LogP contribution in [0.4, 0.5) is 0 Å². The summed E-state index contributed by atoms with van der Waals surface area (Å²) in [5.74, 6) is 2.59. The Balaban J connectivity index is 1.62. The molecule has 0 fully saturated rings. The van der Waals surface area contributed by atoms with Gasteiger partial charge in [-0.1, -0.05) is 12.1 Å². The molecule has 0 radical (unpaired) electrons. The maximum absolute atomic E-state index is 9.62. The molecule has 30 heavy (non-hydrogen) atoms. The van der Waals surface area contributed by atoms with E-state index in [1.165, 1.54) is 0 Å². The third-order valence-electron chi connectivity index (χ3n) is 4.63. The van der Waals surface area contributed by atoms with Gasteiger partial charge in [0.15, 0.2) is 23.0 Å². The van der Waals surface area contributed by atoms with Gasteiger partial charge >= 0.3 is 0 Å². The van der Waals surface area contributed by atoms with Gasteiger partial charge in [-0.05, 0) is 23.8 Å². The predicted octanol–water partition coefficient (Wildman–Crippen LogP) is 1.90. The van der Waals surface area contributed by atoms with Crippen molar-refractivity contribution in [2.24, 2.45) is 0 Å². The van der Waals surface area contributed by atoms with Crippen LogP contribution in [0.25, 0.3) is 0 Å². The van der Waals surface area contributed by atoms with Gasteiger partial charge in [0, 0.05) is 44.8 Å². The van der Waals surface area contributed by atoms with Crippen LogP contribution >= 0.6 is 0 Å². The first-order valence-corrected chi connectivity index (χ1v) is 9.90. The normalized spacial score (nSPS) is 10.7. The molecule has 0 heterocycles. The molecule has 8 nitrogen and oxygen atoms in total. The summed E-state index contributed by atoms with van der Waals surface area (Å²) in [6.07, 6.45) is 0. The first kappa shape index (κ1) is 23.6. The molecule has 8 heteroatoms. The number of aromatic hydroxyl groups is 1. The number of phenolic OH excluding ortho intramolecular Hbond substituents is 1. The Morgan fingerprint density at radius 1 is 0.667 bits per heavy atom. The average Bonchev–Trinajstić information content (AvgIpc) is 2.78. The summed E-state index contributed by atoms with van der Waals surface area (Å²) in [7, 11) is 6.39. The fourth-order valence-corrected chi connectivity index (χ4v) is 3.07. The summed E-state index contributed by atoms with van der Waals surface area (Å²) in [4.78, 5) is 0. The minimum absolute atomic E-state index is 0.154. The van der Waals surface area contributed by atoms with E-state index in [4.69, 9.17) is 18.9 Å². The molecular formula is C22H33N3O5. The standard InChI is InChI=1S/C22H33N3O5/c1-27-19-8-6-17(21(29-3)22(19)30-4)15-25-12-10-23-9-11-24-14-16-5-7-18(26)20(13-16)28-2/h5-8,13,23-26H,9-12,14-15H2,1-4H3. The van der Waals surface area contributed by atoms with E-state index in [-0.39, 0.29) is 5.75 Å². The summed E-state index contributed by atoms with van der Waals surface area (Å²) in [6.45, 7) is 4.77. The first-order valence-electron chi connectivity index (χ1n) is 9.90. The monoisotopic (exact) mass is 419 g/mol. The van der Waals surface area contributed by atoms with Crippen molar-refractivity contribution in [1.82, 2.24) is 16.0 Å². The molecule has 0 aliphatic carbocycles. The number of ether oxygens (including phenoxy) is 4. The Bertz CT molecular complexity index is 786. The predicted molar refractivity (Wildman–Crippen MR) is 117 cm³/mol. The molecule has 0 aliphatic rings. The fourth-order valence-electron chi connectivity index (χ4n) is 3.07. The molecular weight excluding hydrogens is 386 g/mol. The molecule has 0 aromatic heterocycles. The number of benzene rings is 2. The minimum atomic E-state index is 0.154. The van der Waals surface area contributed by atoms with Crippen LogP contribution in [0.3, 0.4) is 0 Å². The van der Waals surface area contributed by atoms with Gasteiger partial charge in [-0.15, -0.1) is 0 Å². The van der Waals surface area contributed by atoms with Gasteiger partial charge in [-0.3, -0.25) is 0 Å². The molecule has 0 unspecified atom stereocenters. The lowest BCUT2D eigenvalue weighted by Gasteiger charge is -2.16. The molecule has 4 N–H and O–H groups in total. The van der Waals surface area contributed by atoms with Crippen LogP contribution in [0.2, 0.25) is 0 Å². The summed E-state index contributed by atoms with van der Waals surface area (Å²) in [5, 5.41) is 19.8. The highest BCUT2D eigenvalue weighted by molar-refractivity contribution is 5.55. The highest BCUT2D eigenvalue weighted by Gasteiger charge is 2.15. The van der Waals surface area contributed by atoms with Crippen LogP contribution in [-0.2, 0) is 13.1 Å². The van der Waals surface area contributed by atoms with E-state index in [1.54, 1.807) is 34.5 Å². The van der Waals surface area contributed by atoms with E-state index >= 15 is 0 Å². The molecule has 2 aromatic carbocycles. The van der Waals surface area contributed by atoms with E-state index in [9.17, 15) is 5.11 Å². The van der Waals surface area contributed by atoms with Gasteiger partial charge in [-0.25, -0.2) is 0 Å². The topological polar surface area (TPSA) is 93.2 Å². The van der Waals surface area contributed by atoms with Crippen LogP contribution < -0.4 is 34.9 Å². The second kappa shape index (κ2) is 12.8. The smallest absolute Gasteiger partial charge is 0.203 e. The lowest BCUT2D eigenvalue weighted by atomic mass is 10.1. The number of methoxy groups -OCH3 is 4. The number of phenols is 1. The number of rotatable bonds is 14. The molecule has 0 saturated carbocycles. The van der Waals surface area contributed by atoms with Crippen LogP contribution in [-0.4, -0.2) is 59.7 Å². The second-order valence-electron chi connectivity index (χ2n) is 6.60. The Morgan fingerprint density at radius 3 is 1.93 bits per heavy atom. The quantitative estimate of drug-likeness (QED) is 0.345. The van der Waals surface area contributed by atoms with Crippen LogP contribution in [0.15, 0.2) is 30.3 Å². The zero-order valence-corrected chi connectivity index (χ0v) is 18.2. The Hall–Kier alpha value is -2.68. The van der Waals surface area contributed by atoms with Crippen molar-refractivity contribution < 1.29 is 24.1 Å². The molecule has 0 spiro atoms. The maximum Gasteiger partial charge on any atom is 0.203 e. The SMILES string of the molecule is COc1cc(CNCCNCCNCc2ccc(OC)c(OC)c2OC)ccc1O. The van der Waals surface area contributed by atoms with Crippen molar-refractivity contribution >= 4 is 0 Å². The van der Waals surface area contributed by atoms with Gasteiger partial charge < -0.3 is 40.0 Å². The van der Waals surface area contributed by atoms with Crippen LogP contribution in [0, 0.1) is 0 Å². The highest BCUT2D eigenvalue weighted by atomic mass is 16.5. The summed E-state index contributed by atoms with van der Waals surface area (Å²) in [5.41, 5.74) is 2.08. The Kier molecular flexibility index (Phi) is 10.1. The molecule has 0 aliphatic heterocycles. The maximum atomic E-state index is 9.62. The third kappa shape index (κ3) is 6.69. The van der Waals surface area contributed by atoms with Gasteiger partial charge in [0.05, 0.1) is 28.4 Å². The van der Waals surface area contributed by atoms with Crippen LogP contribution in [0.5, 0.6) is 28.7 Å². The molecule has 2 aromatic rings. The van der Waals surface area contributed by atoms with Gasteiger partial charge in [-0.2, -0.15) is 0 Å². The van der Waals surface area contributed by atoms with E-state index < -0.39 is 0 Å². The Morgan fingerprint density at radius 2 is 1.30 bits per heavy atom. The minimum Gasteiger partial charge on any atom is -0.504 e. The van der Waals surface area contributed by atoms with Gasteiger partial charge in [0.2, 0.25) is 5.75 Å². The van der Waals surface area contributed by atoms with E-state index in [0.717, 1.165) is 43.9 Å². The molecule has 0 atom stereocenters. The average molecular weight is 420 g/mol. The zero-order chi connectivity index (χ0) is 21.8. The number of hydrogen-bond acceptors (Lipinski definition) is 8. The van der Waals surface area contributed by atoms with Crippen molar-refractivity contribution in [2.45, 2.75) is 13.1 Å². The lowest BCUT2D eigenvalue weighted by Crippen LogP contribution is -2.32. The fraction of sp³-hybridized carbons (Fsp3) is 0.455. The second-order valence-corrected chi connectivity index (χ2v) is 6.60. The van der Waals surface area contributed by atoms with E-state index in [1.807, 2.05) is 24.3 Å². The van der Waals surface area contributed by atoms with Crippen molar-refractivity contribution in [3.63, 3.8) is 0 Å². The van der Waals surface area contributed by atoms with Gasteiger partial charge in [0.25, 0.3) is 0 Å². The highest BCUT2D eigenvalue weighted by Crippen LogP contribution is 2.39. The van der Waals surface area contributed by atoms with Crippen molar-refractivity contribution in [1.29, 1.82) is 0 Å². The summed E-state index contributed by atoms with van der Waals surface area (Å²) >= 11 is 0. The molecule has 0 bridgehead atoms. The first-order chi connectivity index (χ1) is 14.6. The number of hydrogen-bond donors (Lipinski definition) is 4. The molecule has 0 saturated heterocycles. The molecule has 166 valence electrons. The van der Waals surface area contributed by atoms with Gasteiger partial charge in [0.1, 0.15) is 0 Å². The third-order valence-corrected chi connectivity index (χ3v) is 4.63. The van der Waals surface area contributed by atoms with E-state index in [0.29, 0.717) is 29.5 Å². The summed E-state index contributed by atoms with van der Waals surface area (Å²) < 4.78 is 21.3. The molecule has 0 amide bonds. The number of nitrogens with one attached hydrogen (secondary N) is 3. The zero-order valence-electron chi connectivity index (χ0n) is 18.2. The van der Waals surface area contributed by atoms with Crippen molar-refractivity contribution in [3.8, 4) is 28.7 Å². The Labute approximate surface area is 178 Å².